The molecule has 1 heterocycles. The number of carbonyl (C=O) groups is 1. The topological polar surface area (TPSA) is 88.2 Å². The number of carbonyl (C=O) groups excluding carboxylic acids is 1. The molecule has 0 aliphatic carbocycles. The van der Waals surface area contributed by atoms with E-state index in [4.69, 9.17) is 0 Å². The van der Waals surface area contributed by atoms with E-state index in [-0.39, 0.29) is 23.1 Å². The van der Waals surface area contributed by atoms with Gasteiger partial charge in [0.15, 0.2) is 5.13 Å². The molecule has 3 rings (SSSR count). The summed E-state index contributed by atoms with van der Waals surface area (Å²) >= 11 is 5.13. The molecule has 1 amide bonds. The maximum atomic E-state index is 12.7. The molecule has 0 spiro atoms. The number of aromatic nitrogens is 1. The highest BCUT2D eigenvalue weighted by atomic mass is 32.2. The maximum absolute atomic E-state index is 12.7. The van der Waals surface area contributed by atoms with E-state index in [1.54, 1.807) is 12.1 Å². The van der Waals surface area contributed by atoms with Crippen LogP contribution in [0.3, 0.4) is 0 Å². The highest BCUT2D eigenvalue weighted by molar-refractivity contribution is 7.89. The van der Waals surface area contributed by atoms with Gasteiger partial charge >= 0.3 is 0 Å². The third-order valence-corrected chi connectivity index (χ3v) is 6.33. The van der Waals surface area contributed by atoms with Gasteiger partial charge in [-0.25, -0.2) is 18.1 Å². The largest absolute Gasteiger partial charge is 0.301 e. The van der Waals surface area contributed by atoms with Crippen LogP contribution in [-0.2, 0) is 21.2 Å². The Morgan fingerprint density at radius 3 is 2.62 bits per heavy atom. The first-order chi connectivity index (χ1) is 12.5. The summed E-state index contributed by atoms with van der Waals surface area (Å²) in [6, 6.07) is 14.6. The van der Waals surface area contributed by atoms with Gasteiger partial charge in [-0.2, -0.15) is 12.6 Å². The van der Waals surface area contributed by atoms with Gasteiger partial charge in [0.1, 0.15) is 10.4 Å². The summed E-state index contributed by atoms with van der Waals surface area (Å²) < 4.78 is 28.7. The Balaban J connectivity index is 1.80. The lowest BCUT2D eigenvalue weighted by atomic mass is 10.2. The SMILES string of the molecule is O=C(CS)Nc1nc2c(S(=O)(=O)NCCc3ccccc3)cccc2s1. The van der Waals surface area contributed by atoms with Gasteiger partial charge in [-0.1, -0.05) is 47.7 Å². The molecular weight excluding hydrogens is 390 g/mol. The smallest absolute Gasteiger partial charge is 0.242 e. The number of thiol groups is 1. The highest BCUT2D eigenvalue weighted by Gasteiger charge is 2.20. The van der Waals surface area contributed by atoms with E-state index in [0.717, 1.165) is 5.56 Å². The summed E-state index contributed by atoms with van der Waals surface area (Å²) in [5, 5.41) is 2.95. The molecule has 0 fully saturated rings. The third-order valence-electron chi connectivity index (χ3n) is 3.61. The van der Waals surface area contributed by atoms with Crippen molar-refractivity contribution in [1.82, 2.24) is 9.71 Å². The predicted octanol–water partition coefficient (Wildman–Crippen LogP) is 2.69. The Morgan fingerprint density at radius 2 is 1.88 bits per heavy atom. The van der Waals surface area contributed by atoms with Crippen molar-refractivity contribution in [3.63, 3.8) is 0 Å². The number of benzene rings is 2. The van der Waals surface area contributed by atoms with E-state index in [1.807, 2.05) is 30.3 Å². The molecule has 3 aromatic rings. The lowest BCUT2D eigenvalue weighted by Crippen LogP contribution is -2.26. The van der Waals surface area contributed by atoms with Gasteiger partial charge in [-0.05, 0) is 24.1 Å². The molecule has 0 saturated carbocycles. The van der Waals surface area contributed by atoms with Crippen LogP contribution in [0.4, 0.5) is 5.13 Å². The minimum Gasteiger partial charge on any atom is -0.301 e. The van der Waals surface area contributed by atoms with Gasteiger partial charge in [0, 0.05) is 6.54 Å². The number of rotatable bonds is 7. The zero-order valence-electron chi connectivity index (χ0n) is 13.7. The predicted molar refractivity (Wildman–Crippen MR) is 107 cm³/mol. The van der Waals surface area contributed by atoms with E-state index in [1.165, 1.54) is 17.4 Å². The van der Waals surface area contributed by atoms with Gasteiger partial charge in [-0.15, -0.1) is 0 Å². The number of sulfonamides is 1. The molecule has 136 valence electrons. The van der Waals surface area contributed by atoms with Crippen molar-refractivity contribution in [3.05, 3.63) is 54.1 Å². The van der Waals surface area contributed by atoms with Gasteiger partial charge in [0.05, 0.1) is 10.5 Å². The molecule has 2 aromatic carbocycles. The van der Waals surface area contributed by atoms with E-state index in [2.05, 4.69) is 27.7 Å². The molecule has 1 aromatic heterocycles. The molecule has 0 bridgehead atoms. The van der Waals surface area contributed by atoms with Gasteiger partial charge < -0.3 is 5.32 Å². The van der Waals surface area contributed by atoms with Crippen LogP contribution < -0.4 is 10.0 Å². The fraction of sp³-hybridized carbons (Fsp3) is 0.176. The van der Waals surface area contributed by atoms with Crippen molar-refractivity contribution >= 4 is 55.2 Å². The Bertz CT molecular complexity index is 1020. The lowest BCUT2D eigenvalue weighted by Gasteiger charge is -2.07. The van der Waals surface area contributed by atoms with Crippen LogP contribution in [0.2, 0.25) is 0 Å². The fourth-order valence-electron chi connectivity index (χ4n) is 2.40. The summed E-state index contributed by atoms with van der Waals surface area (Å²) in [4.78, 5) is 15.8. The second-order valence-corrected chi connectivity index (χ2v) is 8.54. The highest BCUT2D eigenvalue weighted by Crippen LogP contribution is 2.30. The number of thiazole rings is 1. The van der Waals surface area contributed by atoms with Crippen molar-refractivity contribution < 1.29 is 13.2 Å². The lowest BCUT2D eigenvalue weighted by molar-refractivity contribution is -0.113. The summed E-state index contributed by atoms with van der Waals surface area (Å²) in [5.74, 6) is -0.264. The van der Waals surface area contributed by atoms with Crippen molar-refractivity contribution in [2.75, 3.05) is 17.6 Å². The average molecular weight is 408 g/mol. The van der Waals surface area contributed by atoms with Gasteiger partial charge in [-0.3, -0.25) is 4.79 Å². The number of nitrogens with zero attached hydrogens (tertiary/aromatic N) is 1. The Hall–Kier alpha value is -1.94. The Kier molecular flexibility index (Phi) is 5.92. The maximum Gasteiger partial charge on any atom is 0.242 e. The van der Waals surface area contributed by atoms with Crippen molar-refractivity contribution in [1.29, 1.82) is 0 Å². The van der Waals surface area contributed by atoms with Crippen LogP contribution in [0, 0.1) is 0 Å². The standard InChI is InChI=1S/C17H17N3O3S3/c21-15(11-24)19-17-20-16-13(25-17)7-4-8-14(16)26(22,23)18-10-9-12-5-2-1-3-6-12/h1-8,18,24H,9-11H2,(H,19,20,21). The van der Waals surface area contributed by atoms with Crippen LogP contribution >= 0.6 is 24.0 Å². The molecule has 0 aliphatic heterocycles. The number of hydrogen-bond acceptors (Lipinski definition) is 6. The normalized spacial score (nSPS) is 11.6. The van der Waals surface area contributed by atoms with Crippen molar-refractivity contribution in [2.24, 2.45) is 0 Å². The first kappa shape index (κ1) is 18.8. The summed E-state index contributed by atoms with van der Waals surface area (Å²) in [6.07, 6.45) is 0.594. The van der Waals surface area contributed by atoms with Gasteiger partial charge in [0.2, 0.25) is 15.9 Å². The van der Waals surface area contributed by atoms with Crippen molar-refractivity contribution in [2.45, 2.75) is 11.3 Å². The molecule has 2 N–H and O–H groups in total. The van der Waals surface area contributed by atoms with Crippen LogP contribution in [0.25, 0.3) is 10.2 Å². The number of nitrogens with one attached hydrogen (secondary N) is 2. The second kappa shape index (κ2) is 8.17. The summed E-state index contributed by atoms with van der Waals surface area (Å²) in [5.41, 5.74) is 1.40. The van der Waals surface area contributed by atoms with Crippen LogP contribution in [0.1, 0.15) is 5.56 Å². The molecule has 9 heteroatoms. The number of para-hydroxylation sites is 1. The molecular formula is C17H17N3O3S3. The number of amides is 1. The molecule has 0 aliphatic rings. The second-order valence-electron chi connectivity index (χ2n) is 5.46. The molecule has 0 atom stereocenters. The number of hydrogen-bond donors (Lipinski definition) is 3. The minimum atomic E-state index is -3.71. The van der Waals surface area contributed by atoms with Crippen molar-refractivity contribution in [3.8, 4) is 0 Å². The number of anilines is 1. The molecule has 6 nitrogen and oxygen atoms in total. The van der Waals surface area contributed by atoms with Crippen LogP contribution in [0.5, 0.6) is 0 Å². The molecule has 0 saturated heterocycles. The monoisotopic (exact) mass is 407 g/mol. The van der Waals surface area contributed by atoms with Crippen LogP contribution in [-0.4, -0.2) is 31.6 Å². The number of fused-ring (bicyclic) bond motifs is 1. The first-order valence-corrected chi connectivity index (χ1v) is 10.8. The summed E-state index contributed by atoms with van der Waals surface area (Å²) in [6.45, 7) is 0.288. The van der Waals surface area contributed by atoms with E-state index in [9.17, 15) is 13.2 Å². The third kappa shape index (κ3) is 4.42. The molecule has 26 heavy (non-hydrogen) atoms. The molecule has 0 radical (unpaired) electrons. The average Bonchev–Trinajstić information content (AvgIpc) is 3.04. The zero-order valence-corrected chi connectivity index (χ0v) is 16.2. The van der Waals surface area contributed by atoms with E-state index in [0.29, 0.717) is 21.8 Å². The van der Waals surface area contributed by atoms with Gasteiger partial charge in [0.25, 0.3) is 0 Å². The van der Waals surface area contributed by atoms with E-state index >= 15 is 0 Å². The quantitative estimate of drug-likeness (QED) is 0.526. The fourth-order valence-corrected chi connectivity index (χ4v) is 4.65. The zero-order chi connectivity index (χ0) is 18.6. The van der Waals surface area contributed by atoms with Crippen LogP contribution in [0.15, 0.2) is 53.4 Å². The first-order valence-electron chi connectivity index (χ1n) is 7.83. The minimum absolute atomic E-state index is 0.0299. The van der Waals surface area contributed by atoms with E-state index < -0.39 is 10.0 Å². The Morgan fingerprint density at radius 1 is 1.12 bits per heavy atom. The Labute approximate surface area is 161 Å². The molecule has 0 unspecified atom stereocenters. The summed E-state index contributed by atoms with van der Waals surface area (Å²) in [7, 11) is -3.71.